The molecule has 0 aliphatic carbocycles. The van der Waals surface area contributed by atoms with E-state index in [9.17, 15) is 18.3 Å². The van der Waals surface area contributed by atoms with Crippen LogP contribution in [0.5, 0.6) is 5.75 Å². The van der Waals surface area contributed by atoms with Gasteiger partial charge in [-0.15, -0.1) is 0 Å². The molecule has 0 saturated carbocycles. The smallest absolute Gasteiger partial charge is 0.294 e. The van der Waals surface area contributed by atoms with Gasteiger partial charge in [0.1, 0.15) is 5.75 Å². The van der Waals surface area contributed by atoms with E-state index in [0.717, 1.165) is 16.7 Å². The van der Waals surface area contributed by atoms with Gasteiger partial charge in [0.25, 0.3) is 10.1 Å². The van der Waals surface area contributed by atoms with Crippen molar-refractivity contribution in [3.8, 4) is 5.75 Å². The van der Waals surface area contributed by atoms with Gasteiger partial charge in [-0.25, -0.2) is 0 Å². The molecule has 0 aromatic heterocycles. The maximum absolute atomic E-state index is 12.4. The fourth-order valence-electron chi connectivity index (χ4n) is 3.07. The van der Waals surface area contributed by atoms with E-state index in [-0.39, 0.29) is 33.8 Å². The minimum atomic E-state index is -4.27. The molecule has 6 nitrogen and oxygen atoms in total. The Morgan fingerprint density at radius 2 is 1.53 bits per heavy atom. The lowest BCUT2D eigenvalue weighted by Crippen LogP contribution is -2.18. The van der Waals surface area contributed by atoms with E-state index < -0.39 is 10.1 Å². The topological polar surface area (TPSA) is 104 Å². The van der Waals surface area contributed by atoms with Gasteiger partial charge >= 0.3 is 0 Å². The van der Waals surface area contributed by atoms with Gasteiger partial charge in [0.05, 0.1) is 4.90 Å². The first kappa shape index (κ1) is 23.9. The number of hydrogen-bond donors (Lipinski definition) is 3. The predicted molar refractivity (Wildman–Crippen MR) is 119 cm³/mol. The van der Waals surface area contributed by atoms with Crippen molar-refractivity contribution >= 4 is 21.7 Å². The van der Waals surface area contributed by atoms with Crippen LogP contribution in [0.1, 0.15) is 64.7 Å². The third kappa shape index (κ3) is 6.06. The Labute approximate surface area is 179 Å². The van der Waals surface area contributed by atoms with E-state index in [2.05, 4.69) is 26.1 Å². The van der Waals surface area contributed by atoms with Crippen LogP contribution in [0.3, 0.4) is 0 Å². The Morgan fingerprint density at radius 1 is 0.967 bits per heavy atom. The summed E-state index contributed by atoms with van der Waals surface area (Å²) in [4.78, 5) is 12.1. The van der Waals surface area contributed by atoms with E-state index in [1.165, 1.54) is 24.3 Å². The van der Waals surface area contributed by atoms with Crippen LogP contribution >= 0.6 is 0 Å². The van der Waals surface area contributed by atoms with E-state index in [0.29, 0.717) is 12.1 Å². The average Bonchev–Trinajstić information content (AvgIpc) is 2.58. The molecule has 0 radical (unpaired) electrons. The molecule has 1 amide bonds. The van der Waals surface area contributed by atoms with Crippen molar-refractivity contribution in [3.63, 3.8) is 0 Å². The predicted octanol–water partition coefficient (Wildman–Crippen LogP) is 4.81. The van der Waals surface area contributed by atoms with Gasteiger partial charge in [-0.3, -0.25) is 9.35 Å². The molecule has 164 valence electrons. The molecule has 0 bridgehead atoms. The fourth-order valence-corrected chi connectivity index (χ4v) is 3.55. The summed E-state index contributed by atoms with van der Waals surface area (Å²) >= 11 is 0. The summed E-state index contributed by atoms with van der Waals surface area (Å²) in [6.45, 7) is 12.5. The average molecular weight is 434 g/mol. The van der Waals surface area contributed by atoms with Crippen molar-refractivity contribution in [1.29, 1.82) is 0 Å². The first-order valence-corrected chi connectivity index (χ1v) is 11.3. The zero-order chi connectivity index (χ0) is 22.9. The Bertz CT molecular complexity index is 1030. The Balaban J connectivity index is 2.19. The number of nitrogens with one attached hydrogen (secondary N) is 1. The van der Waals surface area contributed by atoms with Crippen LogP contribution in [-0.2, 0) is 32.2 Å². The molecule has 0 spiro atoms. The van der Waals surface area contributed by atoms with E-state index in [1.807, 2.05) is 32.9 Å². The molecule has 30 heavy (non-hydrogen) atoms. The van der Waals surface area contributed by atoms with Gasteiger partial charge in [-0.1, -0.05) is 53.7 Å². The van der Waals surface area contributed by atoms with Gasteiger partial charge in [0.15, 0.2) is 0 Å². The normalized spacial score (nSPS) is 12.6. The lowest BCUT2D eigenvalue weighted by Gasteiger charge is -2.27. The maximum Gasteiger partial charge on any atom is 0.294 e. The molecule has 0 aliphatic heterocycles. The van der Waals surface area contributed by atoms with Crippen LogP contribution in [0.4, 0.5) is 5.69 Å². The van der Waals surface area contributed by atoms with Crippen LogP contribution in [0.25, 0.3) is 0 Å². The van der Waals surface area contributed by atoms with Crippen molar-refractivity contribution in [2.75, 3.05) is 5.32 Å². The second-order valence-corrected chi connectivity index (χ2v) is 11.0. The van der Waals surface area contributed by atoms with Gasteiger partial charge in [0.2, 0.25) is 5.91 Å². The summed E-state index contributed by atoms with van der Waals surface area (Å²) in [5, 5.41) is 13.5. The molecule has 0 atom stereocenters. The number of carbonyl (C=O) groups is 1. The van der Waals surface area contributed by atoms with Gasteiger partial charge < -0.3 is 10.4 Å². The summed E-state index contributed by atoms with van der Waals surface area (Å²) in [5.41, 5.74) is 2.77. The monoisotopic (exact) mass is 433 g/mol. The largest absolute Gasteiger partial charge is 0.507 e. The lowest BCUT2D eigenvalue weighted by atomic mass is 9.78. The number of anilines is 1. The van der Waals surface area contributed by atoms with Crippen LogP contribution in [0, 0.1) is 0 Å². The number of benzene rings is 2. The molecule has 0 fully saturated rings. The third-order valence-electron chi connectivity index (χ3n) is 4.92. The molecule has 7 heteroatoms. The zero-order valence-electron chi connectivity index (χ0n) is 18.4. The second-order valence-electron chi connectivity index (χ2n) is 9.58. The van der Waals surface area contributed by atoms with Crippen LogP contribution in [0.2, 0.25) is 0 Å². The lowest BCUT2D eigenvalue weighted by molar-refractivity contribution is -0.116. The Kier molecular flexibility index (Phi) is 6.69. The highest BCUT2D eigenvalue weighted by Gasteiger charge is 2.25. The highest BCUT2D eigenvalue weighted by atomic mass is 32.2. The van der Waals surface area contributed by atoms with Gasteiger partial charge in [-0.05, 0) is 58.2 Å². The molecule has 3 N–H and O–H groups in total. The van der Waals surface area contributed by atoms with Crippen molar-refractivity contribution in [2.45, 2.75) is 70.1 Å². The van der Waals surface area contributed by atoms with Crippen molar-refractivity contribution in [2.24, 2.45) is 0 Å². The molecular weight excluding hydrogens is 402 g/mol. The summed E-state index contributed by atoms with van der Waals surface area (Å²) in [7, 11) is -4.27. The zero-order valence-corrected chi connectivity index (χ0v) is 19.2. The van der Waals surface area contributed by atoms with E-state index in [4.69, 9.17) is 4.55 Å². The molecule has 2 rings (SSSR count). The molecule has 0 heterocycles. The summed E-state index contributed by atoms with van der Waals surface area (Å²) in [6.07, 6.45) is 0.526. The highest BCUT2D eigenvalue weighted by Crippen LogP contribution is 2.38. The van der Waals surface area contributed by atoms with Crippen LogP contribution < -0.4 is 5.32 Å². The number of carbonyl (C=O) groups excluding carboxylic acids is 1. The Morgan fingerprint density at radius 3 is 2.00 bits per heavy atom. The number of aromatic hydroxyl groups is 1. The Hall–Kier alpha value is -2.38. The number of amides is 1. The molecule has 2 aromatic carbocycles. The SMILES string of the molecule is CC(C)(C)c1cc(CCC(=O)Nc2ccc(S(=O)(=O)O)cc2)c(O)c(C(C)(C)C)c1. The summed E-state index contributed by atoms with van der Waals surface area (Å²) < 4.78 is 31.2. The summed E-state index contributed by atoms with van der Waals surface area (Å²) in [6, 6.07) is 9.26. The van der Waals surface area contributed by atoms with Gasteiger partial charge in [0, 0.05) is 12.1 Å². The van der Waals surface area contributed by atoms with Crippen molar-refractivity contribution in [3.05, 3.63) is 53.1 Å². The number of phenols is 1. The minimum absolute atomic E-state index is 0.0977. The van der Waals surface area contributed by atoms with Crippen molar-refractivity contribution in [1.82, 2.24) is 0 Å². The van der Waals surface area contributed by atoms with Gasteiger partial charge in [-0.2, -0.15) is 8.42 Å². The number of rotatable bonds is 5. The first-order valence-electron chi connectivity index (χ1n) is 9.83. The standard InChI is InChI=1S/C23H31NO5S/c1-22(2,3)16-13-15(21(26)19(14-16)23(4,5)6)7-12-20(25)24-17-8-10-18(11-9-17)30(27,28)29/h8-11,13-14,26H,7,12H2,1-6H3,(H,24,25)(H,27,28,29). The highest BCUT2D eigenvalue weighted by molar-refractivity contribution is 7.85. The number of hydrogen-bond acceptors (Lipinski definition) is 4. The van der Waals surface area contributed by atoms with Crippen molar-refractivity contribution < 1.29 is 22.9 Å². The van der Waals surface area contributed by atoms with Crippen LogP contribution in [-0.4, -0.2) is 24.0 Å². The molecule has 0 saturated heterocycles. The van der Waals surface area contributed by atoms with Crippen LogP contribution in [0.15, 0.2) is 41.3 Å². The second kappa shape index (κ2) is 8.40. The fraction of sp³-hybridized carbons (Fsp3) is 0.435. The third-order valence-corrected chi connectivity index (χ3v) is 5.79. The maximum atomic E-state index is 12.4. The minimum Gasteiger partial charge on any atom is -0.507 e. The number of phenolic OH excluding ortho intramolecular Hbond substituents is 1. The molecule has 2 aromatic rings. The molecular formula is C23H31NO5S. The quantitative estimate of drug-likeness (QED) is 0.587. The van der Waals surface area contributed by atoms with E-state index >= 15 is 0 Å². The summed E-state index contributed by atoms with van der Waals surface area (Å²) in [5.74, 6) is -0.0340. The first-order chi connectivity index (χ1) is 13.6. The van der Waals surface area contributed by atoms with E-state index in [1.54, 1.807) is 0 Å². The number of aryl methyl sites for hydroxylation is 1. The molecule has 0 aliphatic rings. The molecule has 0 unspecified atom stereocenters.